The van der Waals surface area contributed by atoms with Crippen LogP contribution in [0.2, 0.25) is 0 Å². The highest BCUT2D eigenvalue weighted by atomic mass is 32.1. The molecule has 0 saturated heterocycles. The van der Waals surface area contributed by atoms with E-state index in [-0.39, 0.29) is 5.91 Å². The Morgan fingerprint density at radius 3 is 3.00 bits per heavy atom. The summed E-state index contributed by atoms with van der Waals surface area (Å²) in [6.45, 7) is 3.57. The summed E-state index contributed by atoms with van der Waals surface area (Å²) in [5.41, 5.74) is 0.970. The largest absolute Gasteiger partial charge is 0.325 e. The van der Waals surface area contributed by atoms with Gasteiger partial charge in [-0.15, -0.1) is 11.3 Å². The maximum absolute atomic E-state index is 11.1. The van der Waals surface area contributed by atoms with Crippen molar-refractivity contribution in [2.45, 2.75) is 39.2 Å². The van der Waals surface area contributed by atoms with Crippen molar-refractivity contribution < 1.29 is 4.79 Å². The molecule has 104 valence electrons. The molecule has 0 spiro atoms. The quantitative estimate of drug-likeness (QED) is 0.868. The predicted molar refractivity (Wildman–Crippen MR) is 79.3 cm³/mol. The maximum Gasteiger partial charge on any atom is 0.221 e. The highest BCUT2D eigenvalue weighted by Gasteiger charge is 2.38. The lowest BCUT2D eigenvalue weighted by Gasteiger charge is -2.21. The molecular formula is C15H22N2OS. The van der Waals surface area contributed by atoms with Gasteiger partial charge in [0.25, 0.3) is 0 Å². The van der Waals surface area contributed by atoms with Crippen molar-refractivity contribution >= 4 is 22.9 Å². The van der Waals surface area contributed by atoms with Gasteiger partial charge in [0.05, 0.1) is 5.69 Å². The average Bonchev–Trinajstić information content (AvgIpc) is 3.05. The molecule has 2 fully saturated rings. The van der Waals surface area contributed by atoms with Gasteiger partial charge < -0.3 is 10.6 Å². The summed E-state index contributed by atoms with van der Waals surface area (Å²) in [6, 6.07) is 1.99. The van der Waals surface area contributed by atoms with Crippen LogP contribution in [0.25, 0.3) is 0 Å². The van der Waals surface area contributed by atoms with Gasteiger partial charge >= 0.3 is 0 Å². The fourth-order valence-electron chi connectivity index (χ4n) is 3.78. The van der Waals surface area contributed by atoms with Gasteiger partial charge in [-0.25, -0.2) is 0 Å². The Labute approximate surface area is 118 Å². The molecule has 0 radical (unpaired) electrons. The van der Waals surface area contributed by atoms with Crippen molar-refractivity contribution in [2.24, 2.45) is 17.8 Å². The SMILES string of the molecule is CC(=O)Nc1ccsc1CNCC1CC2CCC1C2. The summed E-state index contributed by atoms with van der Waals surface area (Å²) in [5, 5.41) is 8.52. The predicted octanol–water partition coefficient (Wildman–Crippen LogP) is 3.23. The Bertz CT molecular complexity index is 457. The molecule has 1 heterocycles. The van der Waals surface area contributed by atoms with Crippen molar-refractivity contribution in [1.29, 1.82) is 0 Å². The fourth-order valence-corrected chi connectivity index (χ4v) is 4.58. The molecule has 3 unspecified atom stereocenters. The number of fused-ring (bicyclic) bond motifs is 2. The zero-order valence-corrected chi connectivity index (χ0v) is 12.3. The molecule has 3 atom stereocenters. The van der Waals surface area contributed by atoms with Gasteiger partial charge in [-0.3, -0.25) is 4.79 Å². The van der Waals surface area contributed by atoms with Crippen LogP contribution in [0.4, 0.5) is 5.69 Å². The average molecular weight is 278 g/mol. The van der Waals surface area contributed by atoms with Gasteiger partial charge in [-0.05, 0) is 55.0 Å². The molecular weight excluding hydrogens is 256 g/mol. The van der Waals surface area contributed by atoms with Crippen LogP contribution in [0.15, 0.2) is 11.4 Å². The van der Waals surface area contributed by atoms with Gasteiger partial charge in [-0.2, -0.15) is 0 Å². The van der Waals surface area contributed by atoms with Crippen LogP contribution in [-0.2, 0) is 11.3 Å². The first kappa shape index (κ1) is 13.1. The second kappa shape index (κ2) is 5.63. The minimum absolute atomic E-state index is 0.00718. The molecule has 2 saturated carbocycles. The molecule has 2 N–H and O–H groups in total. The van der Waals surface area contributed by atoms with Crippen molar-refractivity contribution in [2.75, 3.05) is 11.9 Å². The summed E-state index contributed by atoms with van der Waals surface area (Å²) in [6.07, 6.45) is 5.83. The van der Waals surface area contributed by atoms with E-state index in [1.807, 2.05) is 11.4 Å². The van der Waals surface area contributed by atoms with Crippen LogP contribution in [0.5, 0.6) is 0 Å². The summed E-state index contributed by atoms with van der Waals surface area (Å²) in [5.74, 6) is 2.90. The molecule has 1 amide bonds. The van der Waals surface area contributed by atoms with E-state index < -0.39 is 0 Å². The molecule has 1 aromatic heterocycles. The Morgan fingerprint density at radius 2 is 2.32 bits per heavy atom. The van der Waals surface area contributed by atoms with E-state index in [9.17, 15) is 4.79 Å². The van der Waals surface area contributed by atoms with E-state index in [1.165, 1.54) is 30.6 Å². The van der Waals surface area contributed by atoms with Gasteiger partial charge in [-0.1, -0.05) is 6.42 Å². The van der Waals surface area contributed by atoms with Crippen LogP contribution in [0.3, 0.4) is 0 Å². The Hall–Kier alpha value is -0.870. The standard InChI is InChI=1S/C15H22N2OS/c1-10(18)17-14-4-5-19-15(14)9-16-8-13-7-11-2-3-12(13)6-11/h4-5,11-13,16H,2-3,6-9H2,1H3,(H,17,18). The number of carbonyl (C=O) groups is 1. The molecule has 2 bridgehead atoms. The first-order valence-corrected chi connectivity index (χ1v) is 8.15. The van der Waals surface area contributed by atoms with E-state index in [2.05, 4.69) is 10.6 Å². The fraction of sp³-hybridized carbons (Fsp3) is 0.667. The molecule has 0 aromatic carbocycles. The lowest BCUT2D eigenvalue weighted by molar-refractivity contribution is -0.114. The van der Waals surface area contributed by atoms with E-state index in [4.69, 9.17) is 0 Å². The zero-order chi connectivity index (χ0) is 13.2. The second-order valence-electron chi connectivity index (χ2n) is 6.00. The Balaban J connectivity index is 1.47. The number of thiophene rings is 1. The van der Waals surface area contributed by atoms with Gasteiger partial charge in [0.1, 0.15) is 0 Å². The normalized spacial score (nSPS) is 28.8. The van der Waals surface area contributed by atoms with Gasteiger partial charge in [0, 0.05) is 18.3 Å². The summed E-state index contributed by atoms with van der Waals surface area (Å²) in [7, 11) is 0. The number of amides is 1. The number of hydrogen-bond acceptors (Lipinski definition) is 3. The second-order valence-corrected chi connectivity index (χ2v) is 7.01. The van der Waals surface area contributed by atoms with E-state index in [1.54, 1.807) is 18.3 Å². The minimum atomic E-state index is 0.00718. The third kappa shape index (κ3) is 3.00. The molecule has 3 rings (SSSR count). The number of rotatable bonds is 5. The van der Waals surface area contributed by atoms with Crippen molar-refractivity contribution in [1.82, 2.24) is 5.32 Å². The van der Waals surface area contributed by atoms with Crippen LogP contribution >= 0.6 is 11.3 Å². The van der Waals surface area contributed by atoms with Crippen molar-refractivity contribution in [3.63, 3.8) is 0 Å². The Morgan fingerprint density at radius 1 is 1.42 bits per heavy atom. The smallest absolute Gasteiger partial charge is 0.221 e. The topological polar surface area (TPSA) is 41.1 Å². The van der Waals surface area contributed by atoms with E-state index in [0.717, 1.165) is 36.5 Å². The third-order valence-electron chi connectivity index (χ3n) is 4.63. The molecule has 2 aliphatic carbocycles. The number of anilines is 1. The molecule has 19 heavy (non-hydrogen) atoms. The lowest BCUT2D eigenvalue weighted by Crippen LogP contribution is -2.26. The molecule has 0 aliphatic heterocycles. The summed E-state index contributed by atoms with van der Waals surface area (Å²) < 4.78 is 0. The lowest BCUT2D eigenvalue weighted by atomic mass is 9.89. The van der Waals surface area contributed by atoms with Crippen LogP contribution in [0, 0.1) is 17.8 Å². The summed E-state index contributed by atoms with van der Waals surface area (Å²) in [4.78, 5) is 12.3. The maximum atomic E-state index is 11.1. The van der Waals surface area contributed by atoms with E-state index >= 15 is 0 Å². The van der Waals surface area contributed by atoms with Crippen LogP contribution in [-0.4, -0.2) is 12.5 Å². The Kier molecular flexibility index (Phi) is 3.89. The highest BCUT2D eigenvalue weighted by molar-refractivity contribution is 7.10. The molecule has 2 aliphatic rings. The number of nitrogens with one attached hydrogen (secondary N) is 2. The van der Waals surface area contributed by atoms with Gasteiger partial charge in [0.15, 0.2) is 0 Å². The molecule has 1 aromatic rings. The highest BCUT2D eigenvalue weighted by Crippen LogP contribution is 2.47. The number of hydrogen-bond donors (Lipinski definition) is 2. The van der Waals surface area contributed by atoms with E-state index in [0.29, 0.717) is 0 Å². The molecule has 4 heteroatoms. The van der Waals surface area contributed by atoms with Crippen molar-refractivity contribution in [3.05, 3.63) is 16.3 Å². The van der Waals surface area contributed by atoms with Crippen LogP contribution in [0.1, 0.15) is 37.5 Å². The van der Waals surface area contributed by atoms with Gasteiger partial charge in [0.2, 0.25) is 5.91 Å². The zero-order valence-electron chi connectivity index (χ0n) is 11.4. The molecule has 3 nitrogen and oxygen atoms in total. The third-order valence-corrected chi connectivity index (χ3v) is 5.55. The van der Waals surface area contributed by atoms with Crippen LogP contribution < -0.4 is 10.6 Å². The monoisotopic (exact) mass is 278 g/mol. The summed E-state index contributed by atoms with van der Waals surface area (Å²) >= 11 is 1.71. The minimum Gasteiger partial charge on any atom is -0.325 e. The first-order chi connectivity index (χ1) is 9.22. The first-order valence-electron chi connectivity index (χ1n) is 7.27. The van der Waals surface area contributed by atoms with Crippen molar-refractivity contribution in [3.8, 4) is 0 Å². The number of carbonyl (C=O) groups excluding carboxylic acids is 1.